The number of methoxy groups -OCH3 is 1. The second-order valence-corrected chi connectivity index (χ2v) is 7.69. The molecule has 2 N–H and O–H groups in total. The van der Waals surface area contributed by atoms with Gasteiger partial charge in [0.05, 0.1) is 18.7 Å². The lowest BCUT2D eigenvalue weighted by atomic mass is 9.95. The van der Waals surface area contributed by atoms with E-state index in [1.54, 1.807) is 62.9 Å². The van der Waals surface area contributed by atoms with Gasteiger partial charge in [0.2, 0.25) is 0 Å². The van der Waals surface area contributed by atoms with E-state index in [2.05, 4.69) is 15.0 Å². The highest BCUT2D eigenvalue weighted by atomic mass is 16.5. The van der Waals surface area contributed by atoms with Gasteiger partial charge in [-0.1, -0.05) is 12.1 Å². The fourth-order valence-electron chi connectivity index (χ4n) is 4.16. The Morgan fingerprint density at radius 3 is 2.45 bits per heavy atom. The lowest BCUT2D eigenvalue weighted by Gasteiger charge is -2.25. The number of hydrogen-bond acceptors (Lipinski definition) is 7. The van der Waals surface area contributed by atoms with Crippen molar-refractivity contribution in [1.82, 2.24) is 19.9 Å². The number of pyridine rings is 2. The standard InChI is InChI=1S/C24H22N4O5/c1-13-17(14(2)27-19(13)24(32)33-3)21(29)18-20(16-7-5-9-26-11-16)28(23(31)22(18)30)12-15-6-4-8-25-10-15/h4-11,20,27,29H,12H2,1-3H3/t20-/m0/s1. The number of carbonyl (C=O) groups is 3. The fourth-order valence-corrected chi connectivity index (χ4v) is 4.16. The maximum atomic E-state index is 13.2. The monoisotopic (exact) mass is 446 g/mol. The van der Waals surface area contributed by atoms with Crippen molar-refractivity contribution in [2.24, 2.45) is 0 Å². The first-order valence-corrected chi connectivity index (χ1v) is 10.2. The summed E-state index contributed by atoms with van der Waals surface area (Å²) in [6.45, 7) is 3.42. The number of carbonyl (C=O) groups excluding carboxylic acids is 3. The van der Waals surface area contributed by atoms with Crippen LogP contribution in [0.5, 0.6) is 0 Å². The van der Waals surface area contributed by atoms with E-state index < -0.39 is 23.7 Å². The number of hydrogen-bond donors (Lipinski definition) is 2. The average Bonchev–Trinajstić information content (AvgIpc) is 3.27. The van der Waals surface area contributed by atoms with Gasteiger partial charge < -0.3 is 19.7 Å². The van der Waals surface area contributed by atoms with Crippen LogP contribution in [0.2, 0.25) is 0 Å². The van der Waals surface area contributed by atoms with Gasteiger partial charge in [0.1, 0.15) is 11.5 Å². The molecule has 3 aromatic heterocycles. The summed E-state index contributed by atoms with van der Waals surface area (Å²) in [7, 11) is 1.25. The number of ketones is 1. The summed E-state index contributed by atoms with van der Waals surface area (Å²) in [4.78, 5) is 50.9. The molecule has 3 aromatic rings. The second-order valence-electron chi connectivity index (χ2n) is 7.69. The minimum Gasteiger partial charge on any atom is -0.507 e. The van der Waals surface area contributed by atoms with Crippen LogP contribution in [0.15, 0.2) is 54.6 Å². The molecule has 0 bridgehead atoms. The smallest absolute Gasteiger partial charge is 0.354 e. The van der Waals surface area contributed by atoms with Crippen LogP contribution >= 0.6 is 0 Å². The van der Waals surface area contributed by atoms with Gasteiger partial charge in [-0.05, 0) is 42.7 Å². The van der Waals surface area contributed by atoms with Crippen molar-refractivity contribution in [3.05, 3.63) is 88.3 Å². The molecule has 0 radical (unpaired) electrons. The van der Waals surface area contributed by atoms with E-state index in [0.29, 0.717) is 16.8 Å². The highest BCUT2D eigenvalue weighted by molar-refractivity contribution is 6.46. The number of Topliss-reactive ketones (excluding diaryl/α,β-unsaturated/α-hetero) is 1. The Labute approximate surface area is 189 Å². The van der Waals surface area contributed by atoms with Gasteiger partial charge >= 0.3 is 5.97 Å². The minimum atomic E-state index is -0.866. The number of rotatable bonds is 5. The third kappa shape index (κ3) is 3.78. The summed E-state index contributed by atoms with van der Waals surface area (Å²) >= 11 is 0. The minimum absolute atomic E-state index is 0.0708. The number of likely N-dealkylation sites (tertiary alicyclic amines) is 1. The van der Waals surface area contributed by atoms with Crippen LogP contribution in [0.1, 0.15) is 44.5 Å². The summed E-state index contributed by atoms with van der Waals surface area (Å²) in [6.07, 6.45) is 6.37. The Hall–Kier alpha value is -4.27. The van der Waals surface area contributed by atoms with Gasteiger partial charge in [-0.25, -0.2) is 4.79 Å². The molecular weight excluding hydrogens is 424 g/mol. The number of nitrogens with zero attached hydrogens (tertiary/aromatic N) is 3. The lowest BCUT2D eigenvalue weighted by Crippen LogP contribution is -2.29. The number of ether oxygens (including phenoxy) is 1. The molecule has 33 heavy (non-hydrogen) atoms. The van der Waals surface area contributed by atoms with E-state index in [-0.39, 0.29) is 29.1 Å². The predicted molar refractivity (Wildman–Crippen MR) is 118 cm³/mol. The van der Waals surface area contributed by atoms with Crippen molar-refractivity contribution in [2.45, 2.75) is 26.4 Å². The average molecular weight is 446 g/mol. The molecule has 4 heterocycles. The summed E-state index contributed by atoms with van der Waals surface area (Å²) in [6, 6.07) is 6.11. The highest BCUT2D eigenvalue weighted by Crippen LogP contribution is 2.41. The molecule has 9 heteroatoms. The van der Waals surface area contributed by atoms with Gasteiger partial charge in [-0.2, -0.15) is 0 Å². The van der Waals surface area contributed by atoms with E-state index >= 15 is 0 Å². The van der Waals surface area contributed by atoms with Crippen molar-refractivity contribution in [2.75, 3.05) is 7.11 Å². The number of aryl methyl sites for hydroxylation is 1. The van der Waals surface area contributed by atoms with E-state index in [0.717, 1.165) is 5.56 Å². The zero-order chi connectivity index (χ0) is 23.7. The topological polar surface area (TPSA) is 125 Å². The molecule has 1 aliphatic rings. The zero-order valence-electron chi connectivity index (χ0n) is 18.3. The summed E-state index contributed by atoms with van der Waals surface area (Å²) in [5, 5.41) is 11.3. The maximum absolute atomic E-state index is 13.2. The second kappa shape index (κ2) is 8.70. The van der Waals surface area contributed by atoms with Crippen LogP contribution in [-0.2, 0) is 20.9 Å². The van der Waals surface area contributed by atoms with Crippen LogP contribution in [0, 0.1) is 13.8 Å². The molecular formula is C24H22N4O5. The zero-order valence-corrected chi connectivity index (χ0v) is 18.3. The van der Waals surface area contributed by atoms with E-state index in [1.165, 1.54) is 12.0 Å². The van der Waals surface area contributed by atoms with Gasteiger partial charge in [0.15, 0.2) is 0 Å². The Kier molecular flexibility index (Phi) is 5.78. The van der Waals surface area contributed by atoms with Crippen LogP contribution in [0.3, 0.4) is 0 Å². The van der Waals surface area contributed by atoms with Crippen molar-refractivity contribution in [3.63, 3.8) is 0 Å². The molecule has 1 atom stereocenters. The number of amides is 1. The number of aromatic nitrogens is 3. The maximum Gasteiger partial charge on any atom is 0.354 e. The van der Waals surface area contributed by atoms with Crippen LogP contribution in [0.4, 0.5) is 0 Å². The molecule has 4 rings (SSSR count). The van der Waals surface area contributed by atoms with Crippen molar-refractivity contribution in [1.29, 1.82) is 0 Å². The number of aromatic amines is 1. The number of H-pyrrole nitrogens is 1. The summed E-state index contributed by atoms with van der Waals surface area (Å²) < 4.78 is 4.79. The van der Waals surface area contributed by atoms with Gasteiger partial charge in [0, 0.05) is 42.6 Å². The molecule has 168 valence electrons. The normalized spacial score (nSPS) is 17.4. The molecule has 0 aromatic carbocycles. The Morgan fingerprint density at radius 2 is 1.85 bits per heavy atom. The van der Waals surface area contributed by atoms with Crippen molar-refractivity contribution < 1.29 is 24.2 Å². The van der Waals surface area contributed by atoms with Gasteiger partial charge in [-0.15, -0.1) is 0 Å². The van der Waals surface area contributed by atoms with Crippen LogP contribution in [0.25, 0.3) is 5.76 Å². The van der Waals surface area contributed by atoms with Gasteiger partial charge in [-0.3, -0.25) is 19.6 Å². The number of nitrogens with one attached hydrogen (secondary N) is 1. The Bertz CT molecular complexity index is 1260. The fraction of sp³-hybridized carbons (Fsp3) is 0.208. The van der Waals surface area contributed by atoms with Crippen LogP contribution in [-0.4, -0.2) is 49.7 Å². The SMILES string of the molecule is COC(=O)c1[nH]c(C)c(C(O)=C2C(=O)C(=O)N(Cc3cccnc3)[C@H]2c2cccnc2)c1C. The molecule has 0 spiro atoms. The summed E-state index contributed by atoms with van der Waals surface area (Å²) in [5.41, 5.74) is 2.56. The molecule has 0 aliphatic carbocycles. The summed E-state index contributed by atoms with van der Waals surface area (Å²) in [5.74, 6) is -2.52. The molecule has 0 unspecified atom stereocenters. The first-order valence-electron chi connectivity index (χ1n) is 10.2. The van der Waals surface area contributed by atoms with Crippen molar-refractivity contribution in [3.8, 4) is 0 Å². The Morgan fingerprint density at radius 1 is 1.15 bits per heavy atom. The first kappa shape index (κ1) is 21.9. The quantitative estimate of drug-likeness (QED) is 0.267. The molecule has 1 aliphatic heterocycles. The molecule has 1 fully saturated rings. The van der Waals surface area contributed by atoms with E-state index in [1.807, 2.05) is 0 Å². The number of esters is 1. The van der Waals surface area contributed by atoms with Crippen molar-refractivity contribution >= 4 is 23.4 Å². The largest absolute Gasteiger partial charge is 0.507 e. The van der Waals surface area contributed by atoms with E-state index in [9.17, 15) is 19.5 Å². The van der Waals surface area contributed by atoms with Crippen LogP contribution < -0.4 is 0 Å². The highest BCUT2D eigenvalue weighted by Gasteiger charge is 2.46. The molecule has 1 saturated heterocycles. The first-order chi connectivity index (χ1) is 15.8. The number of aliphatic hydroxyl groups excluding tert-OH is 1. The molecule has 0 saturated carbocycles. The lowest BCUT2D eigenvalue weighted by molar-refractivity contribution is -0.140. The predicted octanol–water partition coefficient (Wildman–Crippen LogP) is 2.83. The van der Waals surface area contributed by atoms with Gasteiger partial charge in [0.25, 0.3) is 11.7 Å². The third-order valence-corrected chi connectivity index (χ3v) is 5.68. The Balaban J connectivity index is 1.90. The molecule has 9 nitrogen and oxygen atoms in total. The van der Waals surface area contributed by atoms with E-state index in [4.69, 9.17) is 4.74 Å². The third-order valence-electron chi connectivity index (χ3n) is 5.68. The molecule has 1 amide bonds. The number of aliphatic hydroxyl groups is 1.